The van der Waals surface area contributed by atoms with Gasteiger partial charge in [0, 0.05) is 18.4 Å². The number of hydrogen-bond donors (Lipinski definition) is 3. The molecular formula is C17H19N5O3. The molecule has 130 valence electrons. The maximum absolute atomic E-state index is 12.0. The zero-order valence-electron chi connectivity index (χ0n) is 14.0. The number of pyridine rings is 2. The van der Waals surface area contributed by atoms with Gasteiger partial charge in [0.2, 0.25) is 5.91 Å². The van der Waals surface area contributed by atoms with Gasteiger partial charge in [0.1, 0.15) is 5.82 Å². The van der Waals surface area contributed by atoms with Crippen LogP contribution in [-0.4, -0.2) is 35.1 Å². The fourth-order valence-electron chi connectivity index (χ4n) is 2.54. The Hall–Kier alpha value is -3.16. The molecule has 0 spiro atoms. The van der Waals surface area contributed by atoms with E-state index >= 15 is 0 Å². The number of nitrogens with one attached hydrogen (secondary N) is 3. The van der Waals surface area contributed by atoms with Gasteiger partial charge in [-0.3, -0.25) is 10.1 Å². The fraction of sp³-hybridized carbons (Fsp3) is 0.294. The third-order valence-corrected chi connectivity index (χ3v) is 3.73. The molecule has 1 aliphatic rings. The Balaban J connectivity index is 1.87. The Morgan fingerprint density at radius 3 is 2.92 bits per heavy atom. The van der Waals surface area contributed by atoms with Gasteiger partial charge in [0.15, 0.2) is 11.6 Å². The standard InChI is InChI=1S/C17H19N5O3/c1-3-25-13-7-11(12-9-19-17(24)22-16(12)23)8-18-15(13)21-14-6-4-5-10(2)20-14/h4-8,12H,3,9H2,1-2H3,(H,18,20,21)(H2,19,22,23,24). The molecule has 3 amide bonds. The first-order valence-electron chi connectivity index (χ1n) is 7.99. The number of hydrogen-bond acceptors (Lipinski definition) is 6. The summed E-state index contributed by atoms with van der Waals surface area (Å²) in [6.45, 7) is 4.45. The lowest BCUT2D eigenvalue weighted by Gasteiger charge is -2.23. The Morgan fingerprint density at radius 2 is 2.20 bits per heavy atom. The van der Waals surface area contributed by atoms with Crippen LogP contribution in [-0.2, 0) is 4.79 Å². The summed E-state index contributed by atoms with van der Waals surface area (Å²) in [6.07, 6.45) is 1.60. The van der Waals surface area contributed by atoms with Crippen molar-refractivity contribution < 1.29 is 14.3 Å². The Labute approximate surface area is 145 Å². The summed E-state index contributed by atoms with van der Waals surface area (Å²) in [4.78, 5) is 32.0. The van der Waals surface area contributed by atoms with Crippen molar-refractivity contribution in [3.05, 3.63) is 41.7 Å². The van der Waals surface area contributed by atoms with Crippen LogP contribution in [0, 0.1) is 6.92 Å². The van der Waals surface area contributed by atoms with Gasteiger partial charge in [0.05, 0.1) is 12.5 Å². The van der Waals surface area contributed by atoms with Gasteiger partial charge >= 0.3 is 6.03 Å². The second-order valence-corrected chi connectivity index (χ2v) is 5.59. The van der Waals surface area contributed by atoms with E-state index in [9.17, 15) is 9.59 Å². The van der Waals surface area contributed by atoms with Crippen molar-refractivity contribution in [2.24, 2.45) is 0 Å². The number of carbonyl (C=O) groups is 2. The Morgan fingerprint density at radius 1 is 1.36 bits per heavy atom. The SMILES string of the molecule is CCOc1cc(C2CNC(=O)NC2=O)cnc1Nc1cccc(C)n1. The van der Waals surface area contributed by atoms with Crippen LogP contribution in [0.2, 0.25) is 0 Å². The Bertz CT molecular complexity index is 809. The third kappa shape index (κ3) is 3.85. The van der Waals surface area contributed by atoms with E-state index in [1.807, 2.05) is 32.0 Å². The second kappa shape index (κ2) is 7.16. The third-order valence-electron chi connectivity index (χ3n) is 3.73. The number of ether oxygens (including phenoxy) is 1. The first-order valence-corrected chi connectivity index (χ1v) is 7.99. The first kappa shape index (κ1) is 16.7. The highest BCUT2D eigenvalue weighted by Gasteiger charge is 2.28. The van der Waals surface area contributed by atoms with Gasteiger partial charge in [-0.1, -0.05) is 6.07 Å². The zero-order chi connectivity index (χ0) is 17.8. The highest BCUT2D eigenvalue weighted by molar-refractivity contribution is 6.00. The van der Waals surface area contributed by atoms with Crippen LogP contribution in [0.5, 0.6) is 5.75 Å². The summed E-state index contributed by atoms with van der Waals surface area (Å²) in [7, 11) is 0. The molecule has 2 aromatic rings. The number of carbonyl (C=O) groups excluding carboxylic acids is 2. The summed E-state index contributed by atoms with van der Waals surface area (Å²) in [6, 6.07) is 6.91. The minimum absolute atomic E-state index is 0.226. The van der Waals surface area contributed by atoms with Gasteiger partial charge in [-0.25, -0.2) is 14.8 Å². The lowest BCUT2D eigenvalue weighted by molar-refractivity contribution is -0.122. The van der Waals surface area contributed by atoms with E-state index in [2.05, 4.69) is 25.9 Å². The molecule has 1 aliphatic heterocycles. The molecule has 1 unspecified atom stereocenters. The van der Waals surface area contributed by atoms with Crippen LogP contribution in [0.25, 0.3) is 0 Å². The minimum atomic E-state index is -0.504. The maximum atomic E-state index is 12.0. The lowest BCUT2D eigenvalue weighted by atomic mass is 9.98. The molecule has 0 saturated carbocycles. The summed E-state index contributed by atoms with van der Waals surface area (Å²) in [5, 5.41) is 7.99. The molecule has 25 heavy (non-hydrogen) atoms. The van der Waals surface area contributed by atoms with Gasteiger partial charge in [-0.2, -0.15) is 0 Å². The molecule has 0 aromatic carbocycles. The first-order chi connectivity index (χ1) is 12.1. The average molecular weight is 341 g/mol. The summed E-state index contributed by atoms with van der Waals surface area (Å²) in [5.41, 5.74) is 1.55. The van der Waals surface area contributed by atoms with Crippen LogP contribution >= 0.6 is 0 Å². The number of aromatic nitrogens is 2. The van der Waals surface area contributed by atoms with E-state index < -0.39 is 11.9 Å². The number of nitrogens with zero attached hydrogens (tertiary/aromatic N) is 2. The lowest BCUT2D eigenvalue weighted by Crippen LogP contribution is -2.50. The summed E-state index contributed by atoms with van der Waals surface area (Å²) < 4.78 is 5.66. The molecule has 8 heteroatoms. The van der Waals surface area contributed by atoms with Gasteiger partial charge < -0.3 is 15.4 Å². The molecule has 3 heterocycles. The monoisotopic (exact) mass is 341 g/mol. The van der Waals surface area contributed by atoms with Crippen LogP contribution in [0.15, 0.2) is 30.5 Å². The van der Waals surface area contributed by atoms with Crippen molar-refractivity contribution in [3.63, 3.8) is 0 Å². The second-order valence-electron chi connectivity index (χ2n) is 5.59. The molecule has 8 nitrogen and oxygen atoms in total. The van der Waals surface area contributed by atoms with E-state index in [0.29, 0.717) is 29.6 Å². The van der Waals surface area contributed by atoms with E-state index in [1.165, 1.54) is 0 Å². The number of anilines is 2. The topological polar surface area (TPSA) is 105 Å². The smallest absolute Gasteiger partial charge is 0.321 e. The molecular weight excluding hydrogens is 322 g/mol. The van der Waals surface area contributed by atoms with Gasteiger partial charge in [0.25, 0.3) is 0 Å². The molecule has 0 radical (unpaired) electrons. The number of rotatable bonds is 5. The zero-order valence-corrected chi connectivity index (χ0v) is 14.0. The Kier molecular flexibility index (Phi) is 4.78. The molecule has 0 aliphatic carbocycles. The number of imide groups is 1. The number of urea groups is 1. The average Bonchev–Trinajstić information content (AvgIpc) is 2.57. The molecule has 1 atom stereocenters. The number of amides is 3. The van der Waals surface area contributed by atoms with Crippen LogP contribution in [0.4, 0.5) is 16.4 Å². The van der Waals surface area contributed by atoms with Crippen LogP contribution in [0.3, 0.4) is 0 Å². The van der Waals surface area contributed by atoms with E-state index in [-0.39, 0.29) is 12.5 Å². The van der Waals surface area contributed by atoms with Gasteiger partial charge in [-0.05, 0) is 37.6 Å². The van der Waals surface area contributed by atoms with Crippen molar-refractivity contribution in [2.45, 2.75) is 19.8 Å². The number of aryl methyl sites for hydroxylation is 1. The molecule has 3 rings (SSSR count). The minimum Gasteiger partial charge on any atom is -0.490 e. The largest absolute Gasteiger partial charge is 0.490 e. The van der Waals surface area contributed by atoms with Crippen molar-refractivity contribution in [3.8, 4) is 5.75 Å². The van der Waals surface area contributed by atoms with Crippen molar-refractivity contribution >= 4 is 23.6 Å². The maximum Gasteiger partial charge on any atom is 0.321 e. The quantitative estimate of drug-likeness (QED) is 0.766. The fourth-order valence-corrected chi connectivity index (χ4v) is 2.54. The molecule has 2 aromatic heterocycles. The molecule has 1 saturated heterocycles. The van der Waals surface area contributed by atoms with Crippen molar-refractivity contribution in [1.29, 1.82) is 0 Å². The summed E-state index contributed by atoms with van der Waals surface area (Å²) >= 11 is 0. The summed E-state index contributed by atoms with van der Waals surface area (Å²) in [5.74, 6) is 0.838. The highest BCUT2D eigenvalue weighted by atomic mass is 16.5. The van der Waals surface area contributed by atoms with E-state index in [0.717, 1.165) is 5.69 Å². The van der Waals surface area contributed by atoms with Crippen LogP contribution in [0.1, 0.15) is 24.1 Å². The highest BCUT2D eigenvalue weighted by Crippen LogP contribution is 2.29. The predicted octanol–water partition coefficient (Wildman–Crippen LogP) is 1.85. The predicted molar refractivity (Wildman–Crippen MR) is 91.9 cm³/mol. The van der Waals surface area contributed by atoms with Gasteiger partial charge in [-0.15, -0.1) is 0 Å². The molecule has 0 bridgehead atoms. The van der Waals surface area contributed by atoms with Crippen molar-refractivity contribution in [2.75, 3.05) is 18.5 Å². The van der Waals surface area contributed by atoms with E-state index in [4.69, 9.17) is 4.74 Å². The van der Waals surface area contributed by atoms with Crippen LogP contribution < -0.4 is 20.7 Å². The van der Waals surface area contributed by atoms with Crippen molar-refractivity contribution in [1.82, 2.24) is 20.6 Å². The molecule has 1 fully saturated rings. The van der Waals surface area contributed by atoms with E-state index in [1.54, 1.807) is 12.3 Å². The molecule has 3 N–H and O–H groups in total. The normalized spacial score (nSPS) is 16.8.